The van der Waals surface area contributed by atoms with Crippen LogP contribution in [0.15, 0.2) is 48.5 Å². The molecule has 20 heavy (non-hydrogen) atoms. The Bertz CT molecular complexity index is 652. The maximum Gasteiger partial charge on any atom is 0.335 e. The Balaban J connectivity index is 2.11. The average molecular weight is 271 g/mol. The summed E-state index contributed by atoms with van der Waals surface area (Å²) in [6.07, 6.45) is -0.0435. The number of hydrogen-bond acceptors (Lipinski definition) is 3. The molecule has 5 heteroatoms. The van der Waals surface area contributed by atoms with Crippen molar-refractivity contribution >= 4 is 17.6 Å². The number of carbonyl (C=O) groups is 2. The van der Waals surface area contributed by atoms with Crippen molar-refractivity contribution in [2.45, 2.75) is 6.42 Å². The number of anilines is 1. The van der Waals surface area contributed by atoms with Gasteiger partial charge in [-0.25, -0.2) is 4.79 Å². The predicted octanol–water partition coefficient (Wildman–Crippen LogP) is 2.27. The molecule has 2 aromatic rings. The smallest absolute Gasteiger partial charge is 0.335 e. The fourth-order valence-electron chi connectivity index (χ4n) is 1.84. The van der Waals surface area contributed by atoms with Crippen LogP contribution in [0.25, 0.3) is 0 Å². The molecule has 0 fully saturated rings. The molecule has 0 saturated carbocycles. The third-order valence-electron chi connectivity index (χ3n) is 2.73. The second-order valence-electron chi connectivity index (χ2n) is 4.24. The van der Waals surface area contributed by atoms with Crippen LogP contribution in [0.5, 0.6) is 5.75 Å². The molecule has 0 aliphatic rings. The molecule has 0 aromatic heterocycles. The maximum absolute atomic E-state index is 11.9. The molecular formula is C15H13NO4. The number of phenols is 1. The van der Waals surface area contributed by atoms with Gasteiger partial charge in [0.2, 0.25) is 5.91 Å². The Labute approximate surface area is 115 Å². The summed E-state index contributed by atoms with van der Waals surface area (Å²) in [4.78, 5) is 22.9. The standard InChI is InChI=1S/C15H13NO4/c17-12-6-3-5-11(9-12)16-14(18)8-10-4-1-2-7-13(10)15(19)20/h1-7,9,17H,8H2,(H,16,18)(H,19,20). The monoisotopic (exact) mass is 271 g/mol. The zero-order valence-corrected chi connectivity index (χ0v) is 10.5. The van der Waals surface area contributed by atoms with E-state index in [2.05, 4.69) is 5.32 Å². The van der Waals surface area contributed by atoms with Crippen LogP contribution in [-0.4, -0.2) is 22.1 Å². The third kappa shape index (κ3) is 3.35. The molecule has 0 aliphatic heterocycles. The average Bonchev–Trinajstić information content (AvgIpc) is 2.38. The fraction of sp³-hybridized carbons (Fsp3) is 0.0667. The Morgan fingerprint density at radius 2 is 1.80 bits per heavy atom. The number of aromatic hydroxyl groups is 1. The number of phenolic OH excluding ortho intramolecular Hbond substituents is 1. The number of carboxylic acid groups (broad SMARTS) is 1. The van der Waals surface area contributed by atoms with Crippen LogP contribution in [0.1, 0.15) is 15.9 Å². The maximum atomic E-state index is 11.9. The number of aromatic carboxylic acids is 1. The highest BCUT2D eigenvalue weighted by Gasteiger charge is 2.12. The van der Waals surface area contributed by atoms with Gasteiger partial charge in [0.25, 0.3) is 0 Å². The second kappa shape index (κ2) is 5.88. The zero-order valence-electron chi connectivity index (χ0n) is 10.5. The molecule has 0 radical (unpaired) electrons. The molecule has 3 N–H and O–H groups in total. The van der Waals surface area contributed by atoms with E-state index in [0.29, 0.717) is 11.3 Å². The largest absolute Gasteiger partial charge is 0.508 e. The molecule has 1 amide bonds. The highest BCUT2D eigenvalue weighted by Crippen LogP contribution is 2.16. The van der Waals surface area contributed by atoms with Crippen molar-refractivity contribution in [1.82, 2.24) is 0 Å². The lowest BCUT2D eigenvalue weighted by Crippen LogP contribution is -2.16. The van der Waals surface area contributed by atoms with E-state index >= 15 is 0 Å². The van der Waals surface area contributed by atoms with E-state index in [-0.39, 0.29) is 23.6 Å². The van der Waals surface area contributed by atoms with E-state index in [4.69, 9.17) is 5.11 Å². The van der Waals surface area contributed by atoms with Crippen LogP contribution >= 0.6 is 0 Å². The summed E-state index contributed by atoms with van der Waals surface area (Å²) in [7, 11) is 0. The number of rotatable bonds is 4. The normalized spacial score (nSPS) is 10.0. The summed E-state index contributed by atoms with van der Waals surface area (Å²) in [6, 6.07) is 12.5. The predicted molar refractivity (Wildman–Crippen MR) is 73.8 cm³/mol. The summed E-state index contributed by atoms with van der Waals surface area (Å²) in [6.45, 7) is 0. The molecule has 0 aliphatic carbocycles. The molecule has 0 bridgehead atoms. The van der Waals surface area contributed by atoms with Crippen LogP contribution < -0.4 is 5.32 Å². The molecule has 0 atom stereocenters. The van der Waals surface area contributed by atoms with E-state index in [9.17, 15) is 14.7 Å². The summed E-state index contributed by atoms with van der Waals surface area (Å²) in [5.41, 5.74) is 1.01. The lowest BCUT2D eigenvalue weighted by molar-refractivity contribution is -0.115. The second-order valence-corrected chi connectivity index (χ2v) is 4.24. The Hall–Kier alpha value is -2.82. The molecular weight excluding hydrogens is 258 g/mol. The molecule has 0 saturated heterocycles. The van der Waals surface area contributed by atoms with Gasteiger partial charge in [0.05, 0.1) is 12.0 Å². The van der Waals surface area contributed by atoms with Crippen molar-refractivity contribution < 1.29 is 19.8 Å². The summed E-state index contributed by atoms with van der Waals surface area (Å²) >= 11 is 0. The minimum Gasteiger partial charge on any atom is -0.508 e. The molecule has 2 aromatic carbocycles. The van der Waals surface area contributed by atoms with Crippen LogP contribution in [0.2, 0.25) is 0 Å². The lowest BCUT2D eigenvalue weighted by atomic mass is 10.0. The van der Waals surface area contributed by atoms with E-state index in [1.807, 2.05) is 0 Å². The third-order valence-corrected chi connectivity index (χ3v) is 2.73. The Morgan fingerprint density at radius 3 is 2.50 bits per heavy atom. The van der Waals surface area contributed by atoms with Crippen LogP contribution in [-0.2, 0) is 11.2 Å². The van der Waals surface area contributed by atoms with E-state index in [1.54, 1.807) is 30.3 Å². The van der Waals surface area contributed by atoms with Crippen molar-refractivity contribution in [3.63, 3.8) is 0 Å². The topological polar surface area (TPSA) is 86.6 Å². The number of nitrogens with one attached hydrogen (secondary N) is 1. The van der Waals surface area contributed by atoms with E-state index < -0.39 is 5.97 Å². The number of amides is 1. The van der Waals surface area contributed by atoms with Gasteiger partial charge in [-0.05, 0) is 23.8 Å². The summed E-state index contributed by atoms with van der Waals surface area (Å²) < 4.78 is 0. The van der Waals surface area contributed by atoms with Gasteiger partial charge in [0, 0.05) is 11.8 Å². The molecule has 0 unspecified atom stereocenters. The highest BCUT2D eigenvalue weighted by atomic mass is 16.4. The van der Waals surface area contributed by atoms with E-state index in [0.717, 1.165) is 0 Å². The van der Waals surface area contributed by atoms with Crippen molar-refractivity contribution in [2.75, 3.05) is 5.32 Å². The summed E-state index contributed by atoms with van der Waals surface area (Å²) in [5, 5.41) is 20.9. The minimum atomic E-state index is -1.06. The van der Waals surface area contributed by atoms with Gasteiger partial charge in [0.1, 0.15) is 5.75 Å². The van der Waals surface area contributed by atoms with Gasteiger partial charge in [-0.3, -0.25) is 4.79 Å². The van der Waals surface area contributed by atoms with Gasteiger partial charge in [-0.2, -0.15) is 0 Å². The molecule has 2 rings (SSSR count). The molecule has 5 nitrogen and oxygen atoms in total. The first-order chi connectivity index (χ1) is 9.56. The van der Waals surface area contributed by atoms with Gasteiger partial charge < -0.3 is 15.5 Å². The van der Waals surface area contributed by atoms with Crippen molar-refractivity contribution in [3.05, 3.63) is 59.7 Å². The first-order valence-electron chi connectivity index (χ1n) is 5.96. The van der Waals surface area contributed by atoms with Crippen LogP contribution in [0.3, 0.4) is 0 Å². The lowest BCUT2D eigenvalue weighted by Gasteiger charge is -2.07. The SMILES string of the molecule is O=C(Cc1ccccc1C(=O)O)Nc1cccc(O)c1. The van der Waals surface area contributed by atoms with Crippen molar-refractivity contribution in [1.29, 1.82) is 0 Å². The minimum absolute atomic E-state index is 0.0435. The van der Waals surface area contributed by atoms with Crippen molar-refractivity contribution in [2.24, 2.45) is 0 Å². The van der Waals surface area contributed by atoms with Gasteiger partial charge in [-0.1, -0.05) is 24.3 Å². The first kappa shape index (κ1) is 13.6. The van der Waals surface area contributed by atoms with E-state index in [1.165, 1.54) is 18.2 Å². The first-order valence-corrected chi connectivity index (χ1v) is 5.96. The number of carboxylic acids is 1. The van der Waals surface area contributed by atoms with Gasteiger partial charge >= 0.3 is 5.97 Å². The Morgan fingerprint density at radius 1 is 1.05 bits per heavy atom. The van der Waals surface area contributed by atoms with Crippen LogP contribution in [0, 0.1) is 0 Å². The molecule has 0 heterocycles. The highest BCUT2D eigenvalue weighted by molar-refractivity contribution is 5.96. The molecule has 102 valence electrons. The zero-order chi connectivity index (χ0) is 14.5. The fourth-order valence-corrected chi connectivity index (χ4v) is 1.84. The van der Waals surface area contributed by atoms with Crippen LogP contribution in [0.4, 0.5) is 5.69 Å². The number of hydrogen-bond donors (Lipinski definition) is 3. The van der Waals surface area contributed by atoms with Crippen molar-refractivity contribution in [3.8, 4) is 5.75 Å². The Kier molecular flexibility index (Phi) is 4.00. The number of carbonyl (C=O) groups excluding carboxylic acids is 1. The molecule has 0 spiro atoms. The van der Waals surface area contributed by atoms with Gasteiger partial charge in [0.15, 0.2) is 0 Å². The summed E-state index contributed by atoms with van der Waals surface area (Å²) in [5.74, 6) is -1.36. The number of benzene rings is 2. The van der Waals surface area contributed by atoms with Gasteiger partial charge in [-0.15, -0.1) is 0 Å². The quantitative estimate of drug-likeness (QED) is 0.796.